The molecule has 0 spiro atoms. The number of aliphatic hydroxyl groups excluding tert-OH is 2. The van der Waals surface area contributed by atoms with Crippen LogP contribution in [0.5, 0.6) is 0 Å². The fraction of sp³-hybridized carbons (Fsp3) is 0.500. The first-order valence-electron chi connectivity index (χ1n) is 7.17. The molecule has 0 bridgehead atoms. The normalized spacial score (nSPS) is 24.8. The van der Waals surface area contributed by atoms with E-state index in [0.29, 0.717) is 0 Å². The van der Waals surface area contributed by atoms with Gasteiger partial charge in [-0.3, -0.25) is 9.09 Å². The minimum Gasteiger partial charge on any atom is -0.412 e. The summed E-state index contributed by atoms with van der Waals surface area (Å²) in [4.78, 5) is 38.1. The van der Waals surface area contributed by atoms with Crippen LogP contribution in [0.3, 0.4) is 0 Å². The predicted molar refractivity (Wildman–Crippen MR) is 95.4 cm³/mol. The predicted octanol–water partition coefficient (Wildman–Crippen LogP) is -4.22. The number of phosphoric ester groups is 1. The number of phosphoric acid groups is 2. The molecule has 13 N–H and O–H groups in total. The number of anilines is 1. The molecule has 1 fully saturated rings. The van der Waals surface area contributed by atoms with Crippen molar-refractivity contribution in [1.29, 1.82) is 0 Å². The molecule has 2 aromatic rings. The van der Waals surface area contributed by atoms with Crippen LogP contribution in [0, 0.1) is 0 Å². The van der Waals surface area contributed by atoms with Gasteiger partial charge in [0.25, 0.3) is 0 Å². The average molecular weight is 532 g/mol. The van der Waals surface area contributed by atoms with Gasteiger partial charge in [-0.05, 0) is 0 Å². The average Bonchev–Trinajstić information content (AvgIpc) is 3.07. The number of nitrogens with two attached hydrogens (primary N) is 1. The van der Waals surface area contributed by atoms with Crippen molar-refractivity contribution in [2.45, 2.75) is 24.5 Å². The smallest absolute Gasteiger partial charge is 0.412 e. The van der Waals surface area contributed by atoms with Crippen LogP contribution in [-0.4, -0.2) is 85.8 Å². The molecule has 0 amide bonds. The molecule has 0 saturated carbocycles. The second kappa shape index (κ2) is 11.7. The van der Waals surface area contributed by atoms with Gasteiger partial charge in [-0.2, -0.15) is 4.31 Å². The van der Waals surface area contributed by atoms with E-state index in [1.54, 1.807) is 0 Å². The zero-order valence-corrected chi connectivity index (χ0v) is 18.3. The molecule has 1 radical (unpaired) electrons. The Labute approximate surface area is 184 Å². The Kier molecular flexibility index (Phi) is 12.1. The third-order valence-electron chi connectivity index (χ3n) is 3.61. The Balaban J connectivity index is 0. The molecule has 1 saturated heterocycles. The second-order valence-electron chi connectivity index (χ2n) is 5.47. The number of nitrogens with zero attached hydrogens (tertiary/aromatic N) is 4. The molecular weight excluding hydrogens is 511 g/mol. The summed E-state index contributed by atoms with van der Waals surface area (Å²) in [5.74, 6) is 0.0856. The molecule has 3 heterocycles. The third kappa shape index (κ3) is 7.23. The van der Waals surface area contributed by atoms with Crippen molar-refractivity contribution in [2.24, 2.45) is 0 Å². The number of fused-ring (bicyclic) bond motifs is 1. The number of hydrogen-bond acceptors (Lipinski definition) is 11. The second-order valence-corrected chi connectivity index (χ2v) is 8.30. The first-order valence-corrected chi connectivity index (χ1v) is 10.2. The fourth-order valence-electron chi connectivity index (χ4n) is 2.48. The van der Waals surface area contributed by atoms with Crippen molar-refractivity contribution in [3.63, 3.8) is 0 Å². The zero-order chi connectivity index (χ0) is 20.0. The van der Waals surface area contributed by atoms with Gasteiger partial charge in [0.15, 0.2) is 17.7 Å². The fourth-order valence-corrected chi connectivity index (χ4v) is 4.08. The molecule has 1 unspecified atom stereocenters. The number of nitrogen functional groups attached to an aromatic ring is 1. The van der Waals surface area contributed by atoms with Crippen LogP contribution >= 0.6 is 15.6 Å². The topological polar surface area (TPSA) is 327 Å². The first-order chi connectivity index (χ1) is 12.5. The van der Waals surface area contributed by atoms with Gasteiger partial charge in [0.2, 0.25) is 0 Å². The van der Waals surface area contributed by atoms with Gasteiger partial charge < -0.3 is 51.8 Å². The molecule has 0 aliphatic carbocycles. The number of hydrogen-bond donors (Lipinski definition) is 6. The van der Waals surface area contributed by atoms with Crippen LogP contribution in [0.15, 0.2) is 12.7 Å². The molecule has 0 aromatic carbocycles. The number of rotatable bonds is 6. The van der Waals surface area contributed by atoms with Gasteiger partial charge in [-0.25, -0.2) is 24.1 Å². The van der Waals surface area contributed by atoms with Crippen LogP contribution in [-0.2, 0) is 41.3 Å². The summed E-state index contributed by atoms with van der Waals surface area (Å²) >= 11 is 0. The molecule has 2 aromatic heterocycles. The third-order valence-corrected chi connectivity index (χ3v) is 5.76. The van der Waals surface area contributed by atoms with E-state index in [2.05, 4.69) is 23.8 Å². The number of ether oxygens (including phenoxy) is 1. The molecule has 1 aliphatic heterocycles. The summed E-state index contributed by atoms with van der Waals surface area (Å²) in [5, 5.41) is 20.3. The summed E-state index contributed by atoms with van der Waals surface area (Å²) in [5.41, 5.74) is 6.11. The molecule has 179 valence electrons. The van der Waals surface area contributed by atoms with E-state index in [1.165, 1.54) is 10.9 Å². The van der Waals surface area contributed by atoms with Crippen molar-refractivity contribution < 1.29 is 82.6 Å². The Hall–Kier alpha value is -1.05. The van der Waals surface area contributed by atoms with Crippen LogP contribution in [0.1, 0.15) is 6.23 Å². The number of imidazole rings is 1. The van der Waals surface area contributed by atoms with Gasteiger partial charge >= 0.3 is 15.6 Å². The maximum atomic E-state index is 11.5. The molecule has 1 aliphatic rings. The van der Waals surface area contributed by atoms with Gasteiger partial charge in [-0.1, -0.05) is 0 Å². The van der Waals surface area contributed by atoms with Crippen molar-refractivity contribution in [1.82, 2.24) is 19.5 Å². The van der Waals surface area contributed by atoms with Crippen molar-refractivity contribution in [2.75, 3.05) is 12.3 Å². The summed E-state index contributed by atoms with van der Waals surface area (Å²) in [6.45, 7) is -0.813. The van der Waals surface area contributed by atoms with Gasteiger partial charge in [0, 0.05) is 18.6 Å². The molecular formula is C10H21N5O13P2V. The Morgan fingerprint density at radius 3 is 2.29 bits per heavy atom. The first kappa shape index (κ1) is 32.1. The summed E-state index contributed by atoms with van der Waals surface area (Å²) in [6, 6.07) is 0. The maximum absolute atomic E-state index is 11.5. The quantitative estimate of drug-likeness (QED) is 0.192. The Bertz CT molecular complexity index is 943. The standard InChI is InChI=1S/C10H15N5O10P2.3H2O.V/c11-8-5-9(13-2-12-8)15(3-14-5)10-7(17)6(16)4(24-10)1-23-27(21,22)25-26(18,19)20;;;;/h2-4,6-7,10,16-17H,1H2,(H,21,22)(H2,11,12,13)(H2,18,19,20);3*1H2;/t4-,6-,7-,10-;;;;/m1..../s1. The van der Waals surface area contributed by atoms with Crippen LogP contribution in [0.4, 0.5) is 5.82 Å². The van der Waals surface area contributed by atoms with Gasteiger partial charge in [0.1, 0.15) is 30.2 Å². The van der Waals surface area contributed by atoms with Crippen molar-refractivity contribution >= 4 is 32.6 Å². The van der Waals surface area contributed by atoms with Crippen LogP contribution in [0.2, 0.25) is 0 Å². The largest absolute Gasteiger partial charge is 0.481 e. The van der Waals surface area contributed by atoms with Crippen molar-refractivity contribution in [3.8, 4) is 0 Å². The van der Waals surface area contributed by atoms with E-state index in [1.807, 2.05) is 0 Å². The Morgan fingerprint density at radius 1 is 1.10 bits per heavy atom. The molecule has 31 heavy (non-hydrogen) atoms. The Morgan fingerprint density at radius 2 is 1.71 bits per heavy atom. The minimum atomic E-state index is -5.29. The summed E-state index contributed by atoms with van der Waals surface area (Å²) < 4.78 is 36.8. The zero-order valence-electron chi connectivity index (χ0n) is 15.2. The van der Waals surface area contributed by atoms with Crippen LogP contribution in [0.25, 0.3) is 11.2 Å². The summed E-state index contributed by atoms with van der Waals surface area (Å²) in [6.07, 6.45) is -3.20. The molecule has 5 atom stereocenters. The van der Waals surface area contributed by atoms with Crippen LogP contribution < -0.4 is 5.73 Å². The van der Waals surface area contributed by atoms with Gasteiger partial charge in [0.05, 0.1) is 12.9 Å². The van der Waals surface area contributed by atoms with E-state index >= 15 is 0 Å². The van der Waals surface area contributed by atoms with E-state index in [-0.39, 0.29) is 52.0 Å². The van der Waals surface area contributed by atoms with E-state index in [4.69, 9.17) is 20.3 Å². The van der Waals surface area contributed by atoms with E-state index in [9.17, 15) is 24.2 Å². The van der Waals surface area contributed by atoms with E-state index in [0.717, 1.165) is 6.33 Å². The summed E-state index contributed by atoms with van der Waals surface area (Å²) in [7, 11) is -10.4. The monoisotopic (exact) mass is 532 g/mol. The van der Waals surface area contributed by atoms with E-state index < -0.39 is 46.8 Å². The number of aromatic nitrogens is 4. The minimum absolute atomic E-state index is 0. The van der Waals surface area contributed by atoms with Gasteiger partial charge in [-0.15, -0.1) is 0 Å². The maximum Gasteiger partial charge on any atom is 0.481 e. The molecule has 21 heteroatoms. The number of aliphatic hydroxyl groups is 2. The molecule has 18 nitrogen and oxygen atoms in total. The molecule has 3 rings (SSSR count). The van der Waals surface area contributed by atoms with Crippen molar-refractivity contribution in [3.05, 3.63) is 12.7 Å². The SMILES string of the molecule is Nc1ncnc2c1ncn2[C@@H]1O[C@H](COP(=O)(O)OP(=O)(O)O)[C@@H](O)[C@H]1O.O.O.O.[V].